The van der Waals surface area contributed by atoms with E-state index in [9.17, 15) is 9.90 Å². The molecule has 5 rings (SSSR count). The minimum absolute atomic E-state index is 0. The largest absolute Gasteiger partial charge is 0.493 e. The monoisotopic (exact) mass is 365 g/mol. The number of likely N-dealkylation sites (tertiary alicyclic amines) is 1. The first kappa shape index (κ1) is 17.1. The zero-order valence-electron chi connectivity index (χ0n) is 14.7. The average molecular weight is 366 g/mol. The first-order valence-electron chi connectivity index (χ1n) is 8.77. The molecule has 5 nitrogen and oxygen atoms in total. The number of halogens is 1. The summed E-state index contributed by atoms with van der Waals surface area (Å²) in [4.78, 5) is 15.2. The third-order valence-corrected chi connectivity index (χ3v) is 7.05. The van der Waals surface area contributed by atoms with Crippen LogP contribution in [0.3, 0.4) is 0 Å². The Morgan fingerprint density at radius 2 is 2.16 bits per heavy atom. The van der Waals surface area contributed by atoms with Crippen molar-refractivity contribution in [2.24, 2.45) is 5.92 Å². The second kappa shape index (κ2) is 5.12. The maximum atomic E-state index is 13.0. The van der Waals surface area contributed by atoms with Gasteiger partial charge in [0.25, 0.3) is 0 Å². The van der Waals surface area contributed by atoms with Crippen molar-refractivity contribution in [2.45, 2.75) is 49.3 Å². The van der Waals surface area contributed by atoms with Gasteiger partial charge in [0.15, 0.2) is 23.4 Å². The minimum atomic E-state index is -0.928. The number of rotatable bonds is 1. The Morgan fingerprint density at radius 3 is 2.88 bits per heavy atom. The van der Waals surface area contributed by atoms with Gasteiger partial charge in [0.2, 0.25) is 0 Å². The van der Waals surface area contributed by atoms with Crippen molar-refractivity contribution < 1.29 is 19.4 Å². The minimum Gasteiger partial charge on any atom is -0.493 e. The molecule has 1 aromatic carbocycles. The van der Waals surface area contributed by atoms with Crippen LogP contribution < -0.4 is 9.47 Å². The molecule has 1 N–H and O–H groups in total. The van der Waals surface area contributed by atoms with Gasteiger partial charge in [-0.15, -0.1) is 12.4 Å². The summed E-state index contributed by atoms with van der Waals surface area (Å²) in [6.07, 6.45) is 1.45. The van der Waals surface area contributed by atoms with Crippen molar-refractivity contribution in [2.75, 3.05) is 20.7 Å². The standard InChI is InChI=1S/C19H23NO4.ClH/c1-10-9-19(22)13-8-11-4-5-12(23-3)16-14(11)18(19,6-7-20(13)2)17(24-16)15(10)21;/h4-5,10,13,17,22H,6-9H2,1-3H3;1H/t10?,13-,17+,18+,19-;/m1./s1. The normalized spacial score (nSPS) is 40.8. The van der Waals surface area contributed by atoms with E-state index >= 15 is 0 Å². The third-order valence-electron chi connectivity index (χ3n) is 7.05. The van der Waals surface area contributed by atoms with Crippen molar-refractivity contribution in [1.29, 1.82) is 0 Å². The van der Waals surface area contributed by atoms with Crippen molar-refractivity contribution in [1.82, 2.24) is 4.90 Å². The van der Waals surface area contributed by atoms with Gasteiger partial charge in [-0.2, -0.15) is 0 Å². The maximum Gasteiger partial charge on any atom is 0.177 e. The second-order valence-electron chi connectivity index (χ2n) is 7.98. The molecular formula is C19H24ClNO4. The smallest absolute Gasteiger partial charge is 0.177 e. The Labute approximate surface area is 153 Å². The molecule has 1 saturated carbocycles. The van der Waals surface area contributed by atoms with Crippen molar-refractivity contribution in [3.8, 4) is 11.5 Å². The first-order valence-corrected chi connectivity index (χ1v) is 8.77. The number of piperidine rings is 1. The fraction of sp³-hybridized carbons (Fsp3) is 0.632. The lowest BCUT2D eigenvalue weighted by molar-refractivity contribution is -0.193. The van der Waals surface area contributed by atoms with Gasteiger partial charge >= 0.3 is 0 Å². The number of carbonyl (C=O) groups is 1. The number of nitrogens with zero attached hydrogens (tertiary/aromatic N) is 1. The molecule has 1 aromatic rings. The lowest BCUT2D eigenvalue weighted by atomic mass is 9.47. The predicted octanol–water partition coefficient (Wildman–Crippen LogP) is 1.72. The summed E-state index contributed by atoms with van der Waals surface area (Å²) in [5, 5.41) is 11.9. The van der Waals surface area contributed by atoms with E-state index in [1.165, 1.54) is 5.56 Å². The number of aliphatic hydroxyl groups is 1. The van der Waals surface area contributed by atoms with Crippen LogP contribution in [0.5, 0.6) is 11.5 Å². The van der Waals surface area contributed by atoms with E-state index in [1.54, 1.807) is 7.11 Å². The molecule has 2 aliphatic carbocycles. The van der Waals surface area contributed by atoms with Crippen LogP contribution in [-0.2, 0) is 16.6 Å². The zero-order chi connectivity index (χ0) is 16.9. The van der Waals surface area contributed by atoms with Crippen molar-refractivity contribution in [3.05, 3.63) is 23.3 Å². The molecular weight excluding hydrogens is 342 g/mol. The van der Waals surface area contributed by atoms with E-state index in [-0.39, 0.29) is 30.2 Å². The highest BCUT2D eigenvalue weighted by molar-refractivity contribution is 5.91. The van der Waals surface area contributed by atoms with Crippen LogP contribution in [0, 0.1) is 5.92 Å². The lowest BCUT2D eigenvalue weighted by Crippen LogP contribution is -2.77. The topological polar surface area (TPSA) is 59.0 Å². The van der Waals surface area contributed by atoms with Gasteiger partial charge in [-0.1, -0.05) is 13.0 Å². The Morgan fingerprint density at radius 1 is 1.40 bits per heavy atom. The highest BCUT2D eigenvalue weighted by atomic mass is 35.5. The van der Waals surface area contributed by atoms with Gasteiger partial charge in [0, 0.05) is 17.5 Å². The van der Waals surface area contributed by atoms with E-state index in [0.29, 0.717) is 17.9 Å². The zero-order valence-corrected chi connectivity index (χ0v) is 15.6. The van der Waals surface area contributed by atoms with Gasteiger partial charge < -0.3 is 19.5 Å². The summed E-state index contributed by atoms with van der Waals surface area (Å²) in [6.45, 7) is 2.78. The van der Waals surface area contributed by atoms with Crippen molar-refractivity contribution >= 4 is 18.2 Å². The van der Waals surface area contributed by atoms with Gasteiger partial charge in [-0.3, -0.25) is 4.79 Å². The molecule has 0 amide bonds. The fourth-order valence-corrected chi connectivity index (χ4v) is 5.96. The van der Waals surface area contributed by atoms with Gasteiger partial charge in [0.05, 0.1) is 18.1 Å². The van der Waals surface area contributed by atoms with Gasteiger partial charge in [-0.05, 0) is 44.5 Å². The van der Waals surface area contributed by atoms with Crippen LogP contribution in [0.4, 0.5) is 0 Å². The number of hydrogen-bond donors (Lipinski definition) is 1. The molecule has 6 heteroatoms. The summed E-state index contributed by atoms with van der Waals surface area (Å²) in [5.41, 5.74) is 0.684. The highest BCUT2D eigenvalue weighted by Crippen LogP contribution is 2.65. The Hall–Kier alpha value is -1.30. The molecule has 1 spiro atoms. The first-order chi connectivity index (χ1) is 11.4. The summed E-state index contributed by atoms with van der Waals surface area (Å²) in [6, 6.07) is 4.04. The number of ether oxygens (including phenoxy) is 2. The molecule has 2 bridgehead atoms. The molecule has 2 fully saturated rings. The van der Waals surface area contributed by atoms with Crippen LogP contribution in [0.1, 0.15) is 30.9 Å². The molecule has 1 unspecified atom stereocenters. The van der Waals surface area contributed by atoms with Gasteiger partial charge in [0.1, 0.15) is 0 Å². The predicted molar refractivity (Wildman–Crippen MR) is 94.8 cm³/mol. The van der Waals surface area contributed by atoms with Crippen LogP contribution >= 0.6 is 12.4 Å². The molecule has 4 aliphatic rings. The van der Waals surface area contributed by atoms with E-state index < -0.39 is 17.1 Å². The van der Waals surface area contributed by atoms with E-state index in [4.69, 9.17) is 9.47 Å². The number of carbonyl (C=O) groups excluding carboxylic acids is 1. The third kappa shape index (κ3) is 1.70. The second-order valence-corrected chi connectivity index (χ2v) is 7.98. The molecule has 0 radical (unpaired) electrons. The Balaban J connectivity index is 0.00000157. The van der Waals surface area contributed by atoms with Gasteiger partial charge in [-0.25, -0.2) is 0 Å². The molecule has 2 aliphatic heterocycles. The Kier molecular flexibility index (Phi) is 3.51. The van der Waals surface area contributed by atoms with E-state index in [0.717, 1.165) is 24.9 Å². The fourth-order valence-electron chi connectivity index (χ4n) is 5.96. The van der Waals surface area contributed by atoms with E-state index in [2.05, 4.69) is 18.0 Å². The summed E-state index contributed by atoms with van der Waals surface area (Å²) in [7, 11) is 3.70. The van der Waals surface area contributed by atoms with Crippen LogP contribution in [0.2, 0.25) is 0 Å². The number of methoxy groups -OCH3 is 1. The average Bonchev–Trinajstić information content (AvgIpc) is 2.90. The number of benzene rings is 1. The van der Waals surface area contributed by atoms with Crippen LogP contribution in [0.15, 0.2) is 12.1 Å². The van der Waals surface area contributed by atoms with Crippen LogP contribution in [-0.4, -0.2) is 54.2 Å². The highest BCUT2D eigenvalue weighted by Gasteiger charge is 2.73. The summed E-state index contributed by atoms with van der Waals surface area (Å²) >= 11 is 0. The molecule has 136 valence electrons. The number of likely N-dealkylation sites (N-methyl/N-ethyl adjacent to an activating group) is 1. The van der Waals surface area contributed by atoms with Crippen molar-refractivity contribution in [3.63, 3.8) is 0 Å². The van der Waals surface area contributed by atoms with Crippen LogP contribution in [0.25, 0.3) is 0 Å². The molecule has 5 atom stereocenters. The summed E-state index contributed by atoms with van der Waals surface area (Å²) in [5.74, 6) is 1.28. The quantitative estimate of drug-likeness (QED) is 0.821. The van der Waals surface area contributed by atoms with E-state index in [1.807, 2.05) is 13.0 Å². The molecule has 25 heavy (non-hydrogen) atoms. The molecule has 0 aromatic heterocycles. The number of ketones is 1. The number of hydrogen-bond acceptors (Lipinski definition) is 5. The number of Topliss-reactive ketones (excluding diaryl/α,β-unsaturated/α-hetero) is 1. The Bertz CT molecular complexity index is 768. The summed E-state index contributed by atoms with van der Waals surface area (Å²) < 4.78 is 11.7. The lowest BCUT2D eigenvalue weighted by Gasteiger charge is -2.62. The molecule has 1 saturated heterocycles. The molecule has 2 heterocycles. The maximum absolute atomic E-state index is 13.0. The SMILES string of the molecule is COc1ccc2c3c1O[C@H]1C(=O)C(C)C[C@@]4(O)[C@@H](C2)N(C)CC[C@]314.Cl.